The average Bonchev–Trinajstić information content (AvgIpc) is 2.79. The molecule has 0 spiro atoms. The van der Waals surface area contributed by atoms with Crippen molar-refractivity contribution in [2.45, 2.75) is 52.4 Å². The maximum atomic E-state index is 5.78. The van der Waals surface area contributed by atoms with Crippen LogP contribution in [-0.2, 0) is 4.74 Å². The Labute approximate surface area is 117 Å². The number of hydrogen-bond donors (Lipinski definition) is 0. The second-order valence-corrected chi connectivity index (χ2v) is 8.16. The number of allylic oxidation sites excluding steroid dienone is 2. The van der Waals surface area contributed by atoms with E-state index < -0.39 is 0 Å². The summed E-state index contributed by atoms with van der Waals surface area (Å²) in [4.78, 5) is 0. The van der Waals surface area contributed by atoms with Crippen molar-refractivity contribution in [1.82, 2.24) is 0 Å². The fourth-order valence-corrected chi connectivity index (χ4v) is 6.20. The molecule has 0 N–H and O–H groups in total. The van der Waals surface area contributed by atoms with Crippen molar-refractivity contribution < 1.29 is 4.74 Å². The van der Waals surface area contributed by atoms with Crippen LogP contribution in [0.1, 0.15) is 52.4 Å². The maximum absolute atomic E-state index is 5.78. The second-order valence-electron chi connectivity index (χ2n) is 8.16. The standard InChI is InChI=1S/C18H28O/c1-17-8-3-4-15(17)14-6-5-13-12-19-11-10-18(13,2)16(14)7-9-17/h3,8,13-16H,4-7,9-12H2,1-2H3. The van der Waals surface area contributed by atoms with Crippen molar-refractivity contribution in [3.8, 4) is 0 Å². The fraction of sp³-hybridized carbons (Fsp3) is 0.889. The number of hydrogen-bond acceptors (Lipinski definition) is 1. The molecule has 3 aliphatic carbocycles. The van der Waals surface area contributed by atoms with E-state index in [2.05, 4.69) is 26.0 Å². The molecule has 19 heavy (non-hydrogen) atoms. The van der Waals surface area contributed by atoms with Gasteiger partial charge in [0.05, 0.1) is 0 Å². The van der Waals surface area contributed by atoms with Crippen molar-refractivity contribution >= 4 is 0 Å². The molecule has 4 aliphatic rings. The molecule has 0 aromatic heterocycles. The summed E-state index contributed by atoms with van der Waals surface area (Å²) in [5.74, 6) is 3.77. The molecule has 1 nitrogen and oxygen atoms in total. The summed E-state index contributed by atoms with van der Waals surface area (Å²) in [6.45, 7) is 7.17. The van der Waals surface area contributed by atoms with Gasteiger partial charge in [-0.1, -0.05) is 26.0 Å². The zero-order chi connectivity index (χ0) is 13.1. The van der Waals surface area contributed by atoms with Gasteiger partial charge in [0.15, 0.2) is 0 Å². The van der Waals surface area contributed by atoms with Crippen molar-refractivity contribution in [2.24, 2.45) is 34.5 Å². The molecule has 1 saturated heterocycles. The predicted molar refractivity (Wildman–Crippen MR) is 77.8 cm³/mol. The van der Waals surface area contributed by atoms with Crippen LogP contribution in [0.4, 0.5) is 0 Å². The van der Waals surface area contributed by atoms with Gasteiger partial charge < -0.3 is 4.74 Å². The summed E-state index contributed by atoms with van der Waals surface area (Å²) in [5, 5.41) is 0. The Balaban J connectivity index is 1.65. The van der Waals surface area contributed by atoms with E-state index in [-0.39, 0.29) is 0 Å². The lowest BCUT2D eigenvalue weighted by atomic mass is 9.47. The minimum Gasteiger partial charge on any atom is -0.381 e. The van der Waals surface area contributed by atoms with E-state index >= 15 is 0 Å². The van der Waals surface area contributed by atoms with Crippen molar-refractivity contribution in [3.63, 3.8) is 0 Å². The van der Waals surface area contributed by atoms with Crippen molar-refractivity contribution in [3.05, 3.63) is 12.2 Å². The Morgan fingerprint density at radius 3 is 2.84 bits per heavy atom. The van der Waals surface area contributed by atoms with Gasteiger partial charge in [-0.05, 0) is 73.0 Å². The highest BCUT2D eigenvalue weighted by molar-refractivity contribution is 5.15. The smallest absolute Gasteiger partial charge is 0.0499 e. The largest absolute Gasteiger partial charge is 0.381 e. The van der Waals surface area contributed by atoms with Gasteiger partial charge >= 0.3 is 0 Å². The zero-order valence-corrected chi connectivity index (χ0v) is 12.5. The van der Waals surface area contributed by atoms with E-state index in [0.717, 1.165) is 36.9 Å². The molecule has 1 aliphatic heterocycles. The first kappa shape index (κ1) is 12.4. The van der Waals surface area contributed by atoms with Crippen LogP contribution in [0.15, 0.2) is 12.2 Å². The molecule has 2 saturated carbocycles. The molecule has 3 fully saturated rings. The Kier molecular flexibility index (Phi) is 2.68. The van der Waals surface area contributed by atoms with Gasteiger partial charge in [-0.2, -0.15) is 0 Å². The molecule has 6 unspecified atom stereocenters. The third-order valence-electron chi connectivity index (χ3n) is 7.50. The van der Waals surface area contributed by atoms with E-state index in [1.54, 1.807) is 0 Å². The summed E-state index contributed by atoms with van der Waals surface area (Å²) in [7, 11) is 0. The van der Waals surface area contributed by atoms with Gasteiger partial charge in [0, 0.05) is 13.2 Å². The topological polar surface area (TPSA) is 9.23 Å². The Morgan fingerprint density at radius 2 is 1.95 bits per heavy atom. The van der Waals surface area contributed by atoms with Gasteiger partial charge in [-0.15, -0.1) is 0 Å². The molecule has 0 aromatic carbocycles. The Hall–Kier alpha value is -0.300. The Morgan fingerprint density at radius 1 is 1.05 bits per heavy atom. The van der Waals surface area contributed by atoms with Crippen LogP contribution >= 0.6 is 0 Å². The second kappa shape index (κ2) is 4.10. The summed E-state index contributed by atoms with van der Waals surface area (Å²) in [5.41, 5.74) is 1.13. The third kappa shape index (κ3) is 1.63. The normalized spacial score (nSPS) is 56.3. The van der Waals surface area contributed by atoms with Crippen LogP contribution < -0.4 is 0 Å². The molecule has 0 aromatic rings. The lowest BCUT2D eigenvalue weighted by Gasteiger charge is -2.59. The van der Waals surface area contributed by atoms with Gasteiger partial charge in [0.25, 0.3) is 0 Å². The fourth-order valence-electron chi connectivity index (χ4n) is 6.20. The van der Waals surface area contributed by atoms with Gasteiger partial charge in [0.2, 0.25) is 0 Å². The molecular formula is C18H28O. The van der Waals surface area contributed by atoms with Crippen LogP contribution in [0, 0.1) is 34.5 Å². The zero-order valence-electron chi connectivity index (χ0n) is 12.5. The molecule has 0 radical (unpaired) electrons. The number of ether oxygens (including phenoxy) is 1. The van der Waals surface area contributed by atoms with Crippen LogP contribution in [0.5, 0.6) is 0 Å². The highest BCUT2D eigenvalue weighted by Gasteiger charge is 2.56. The molecule has 106 valence electrons. The number of fused-ring (bicyclic) bond motifs is 5. The molecule has 0 amide bonds. The van der Waals surface area contributed by atoms with Gasteiger partial charge in [0.1, 0.15) is 0 Å². The minimum absolute atomic E-state index is 0.537. The van der Waals surface area contributed by atoms with Crippen molar-refractivity contribution in [2.75, 3.05) is 13.2 Å². The third-order valence-corrected chi connectivity index (χ3v) is 7.50. The quantitative estimate of drug-likeness (QED) is 0.585. The van der Waals surface area contributed by atoms with Crippen molar-refractivity contribution in [1.29, 1.82) is 0 Å². The van der Waals surface area contributed by atoms with Gasteiger partial charge in [-0.3, -0.25) is 0 Å². The average molecular weight is 260 g/mol. The Bertz CT molecular complexity index is 400. The monoisotopic (exact) mass is 260 g/mol. The van der Waals surface area contributed by atoms with Crippen LogP contribution in [0.3, 0.4) is 0 Å². The number of rotatable bonds is 0. The van der Waals surface area contributed by atoms with Crippen LogP contribution in [-0.4, -0.2) is 13.2 Å². The highest BCUT2D eigenvalue weighted by Crippen LogP contribution is 2.63. The van der Waals surface area contributed by atoms with Crippen LogP contribution in [0.2, 0.25) is 0 Å². The lowest BCUT2D eigenvalue weighted by Crippen LogP contribution is -2.53. The first-order chi connectivity index (χ1) is 9.13. The SMILES string of the molecule is CC12C=CCC1C1CCC3COCCC3(C)C1CC2. The van der Waals surface area contributed by atoms with Gasteiger partial charge in [-0.25, -0.2) is 0 Å². The van der Waals surface area contributed by atoms with E-state index in [4.69, 9.17) is 4.74 Å². The molecule has 6 atom stereocenters. The van der Waals surface area contributed by atoms with Crippen LogP contribution in [0.25, 0.3) is 0 Å². The highest BCUT2D eigenvalue weighted by atomic mass is 16.5. The molecule has 0 bridgehead atoms. The minimum atomic E-state index is 0.537. The summed E-state index contributed by atoms with van der Waals surface area (Å²) in [6, 6.07) is 0. The maximum Gasteiger partial charge on any atom is 0.0499 e. The predicted octanol–water partition coefficient (Wildman–Crippen LogP) is 4.43. The molecular weight excluding hydrogens is 232 g/mol. The van der Waals surface area contributed by atoms with E-state index in [9.17, 15) is 0 Å². The molecule has 4 rings (SSSR count). The summed E-state index contributed by atoms with van der Waals surface area (Å²) in [6.07, 6.45) is 13.5. The lowest BCUT2D eigenvalue weighted by molar-refractivity contribution is -0.139. The van der Waals surface area contributed by atoms with E-state index in [1.807, 2.05) is 0 Å². The van der Waals surface area contributed by atoms with E-state index in [1.165, 1.54) is 38.5 Å². The summed E-state index contributed by atoms with van der Waals surface area (Å²) < 4.78 is 5.78. The summed E-state index contributed by atoms with van der Waals surface area (Å²) >= 11 is 0. The molecule has 1 heterocycles. The molecule has 1 heteroatoms. The first-order valence-corrected chi connectivity index (χ1v) is 8.39. The van der Waals surface area contributed by atoms with E-state index in [0.29, 0.717) is 10.8 Å². The first-order valence-electron chi connectivity index (χ1n) is 8.39.